The van der Waals surface area contributed by atoms with Crippen LogP contribution in [0.5, 0.6) is 0 Å². The minimum absolute atomic E-state index is 0.0266. The molecule has 0 bridgehead atoms. The Morgan fingerprint density at radius 2 is 1.77 bits per heavy atom. The first kappa shape index (κ1) is 31.0. The monoisotopic (exact) mass is 525 g/mol. The predicted octanol–water partition coefficient (Wildman–Crippen LogP) is 5.81. The van der Waals surface area contributed by atoms with Crippen LogP contribution in [0.4, 0.5) is 4.39 Å². The molecule has 0 amide bonds. The van der Waals surface area contributed by atoms with E-state index < -0.39 is 0 Å². The summed E-state index contributed by atoms with van der Waals surface area (Å²) in [5, 5.41) is 6.85. The van der Waals surface area contributed by atoms with E-state index in [1.165, 1.54) is 12.1 Å². The van der Waals surface area contributed by atoms with Crippen molar-refractivity contribution in [2.45, 2.75) is 32.4 Å². The van der Waals surface area contributed by atoms with Crippen LogP contribution in [0.1, 0.15) is 34.8 Å². The number of rotatable bonds is 9. The molecule has 6 heteroatoms. The highest BCUT2D eigenvalue weighted by Gasteiger charge is 2.19. The summed E-state index contributed by atoms with van der Waals surface area (Å²) in [6, 6.07) is 18.1. The second-order valence-corrected chi connectivity index (χ2v) is 8.72. The number of hydrogen-bond donors (Lipinski definition) is 3. The number of benzene rings is 3. The highest BCUT2D eigenvalue weighted by Crippen LogP contribution is 2.37. The van der Waals surface area contributed by atoms with Crippen molar-refractivity contribution in [2.24, 2.45) is 5.73 Å². The average Bonchev–Trinajstić information content (AvgIpc) is 3.33. The second-order valence-electron chi connectivity index (χ2n) is 8.72. The lowest BCUT2D eigenvalue weighted by Crippen LogP contribution is -2.26. The van der Waals surface area contributed by atoms with Crippen LogP contribution in [-0.4, -0.2) is 33.0 Å². The van der Waals surface area contributed by atoms with Crippen LogP contribution in [-0.2, 0) is 13.0 Å². The first-order valence-corrected chi connectivity index (χ1v) is 12.7. The van der Waals surface area contributed by atoms with Crippen molar-refractivity contribution in [2.75, 3.05) is 20.6 Å². The molecule has 0 radical (unpaired) electrons. The largest absolute Gasteiger partial charge is 0.455 e. The van der Waals surface area contributed by atoms with Gasteiger partial charge in [-0.2, -0.15) is 0 Å². The van der Waals surface area contributed by atoms with Gasteiger partial charge in [0.05, 0.1) is 11.6 Å². The summed E-state index contributed by atoms with van der Waals surface area (Å²) >= 11 is 0. The number of furan rings is 1. The van der Waals surface area contributed by atoms with Gasteiger partial charge < -0.3 is 15.5 Å². The van der Waals surface area contributed by atoms with E-state index in [0.717, 1.165) is 35.0 Å². The Kier molecular flexibility index (Phi) is 12.7. The van der Waals surface area contributed by atoms with Crippen LogP contribution in [0.25, 0.3) is 33.4 Å². The third-order valence-corrected chi connectivity index (χ3v) is 5.99. The summed E-state index contributed by atoms with van der Waals surface area (Å²) in [4.78, 5) is 12.1. The van der Waals surface area contributed by atoms with Crippen LogP contribution in [0.2, 0.25) is 0 Å². The van der Waals surface area contributed by atoms with Gasteiger partial charge in [-0.25, -0.2) is 4.39 Å². The fraction of sp³-hybridized carbons (Fsp3) is 0.242. The molecule has 0 aliphatic rings. The zero-order chi connectivity index (χ0) is 28.8. The van der Waals surface area contributed by atoms with E-state index in [9.17, 15) is 9.18 Å². The van der Waals surface area contributed by atoms with Crippen LogP contribution in [0.15, 0.2) is 65.1 Å². The highest BCUT2D eigenvalue weighted by atomic mass is 19.1. The number of terminal acetylenes is 2. The van der Waals surface area contributed by atoms with Gasteiger partial charge in [-0.15, -0.1) is 19.3 Å². The molecule has 202 valence electrons. The minimum Gasteiger partial charge on any atom is -0.455 e. The Bertz CT molecular complexity index is 1410. The van der Waals surface area contributed by atoms with Crippen molar-refractivity contribution in [1.29, 1.82) is 0 Å². The summed E-state index contributed by atoms with van der Waals surface area (Å²) < 4.78 is 19.5. The van der Waals surface area contributed by atoms with E-state index in [2.05, 4.69) is 48.5 Å². The van der Waals surface area contributed by atoms with Crippen LogP contribution < -0.4 is 16.4 Å². The maximum Gasteiger partial charge on any atom is 0.154 e. The van der Waals surface area contributed by atoms with Gasteiger partial charge in [0, 0.05) is 17.5 Å². The molecule has 0 saturated carbocycles. The Labute approximate surface area is 231 Å². The molecule has 3 aromatic carbocycles. The lowest BCUT2D eigenvalue weighted by Gasteiger charge is -2.13. The van der Waals surface area contributed by atoms with Crippen LogP contribution >= 0.6 is 0 Å². The summed E-state index contributed by atoms with van der Waals surface area (Å²) in [6.45, 7) is 3.19. The van der Waals surface area contributed by atoms with Crippen LogP contribution in [0, 0.1) is 31.0 Å². The molecule has 4 N–H and O–H groups in total. The Morgan fingerprint density at radius 1 is 1.08 bits per heavy atom. The number of carbonyl (C=O) groups excluding carboxylic acids is 1. The van der Waals surface area contributed by atoms with E-state index in [1.807, 2.05) is 38.4 Å². The maximum atomic E-state index is 13.4. The van der Waals surface area contributed by atoms with Gasteiger partial charge in [-0.1, -0.05) is 31.0 Å². The smallest absolute Gasteiger partial charge is 0.154 e. The van der Waals surface area contributed by atoms with E-state index in [-0.39, 0.29) is 11.9 Å². The van der Waals surface area contributed by atoms with Gasteiger partial charge in [0.2, 0.25) is 0 Å². The summed E-state index contributed by atoms with van der Waals surface area (Å²) in [5.41, 5.74) is 11.8. The quantitative estimate of drug-likeness (QED) is 0.190. The number of hydrogen-bond acceptors (Lipinski definition) is 5. The van der Waals surface area contributed by atoms with E-state index in [4.69, 9.17) is 16.6 Å². The van der Waals surface area contributed by atoms with Crippen molar-refractivity contribution in [3.63, 3.8) is 0 Å². The molecule has 5 nitrogen and oxygen atoms in total. The second kappa shape index (κ2) is 15.9. The zero-order valence-electron chi connectivity index (χ0n) is 22.8. The van der Waals surface area contributed by atoms with Gasteiger partial charge in [-0.05, 0) is 98.2 Å². The van der Waals surface area contributed by atoms with E-state index in [1.54, 1.807) is 12.1 Å². The zero-order valence-corrected chi connectivity index (χ0v) is 22.8. The first-order valence-electron chi connectivity index (χ1n) is 12.7. The standard InChI is InChI=1S/C29H27FN2O2.C2H7N.C2H2/c1-3-24(4-2)32-17-19-6-5-7-21(14-19)25-16-26-27(18-33)29(20-8-10-23(30)11-9-20)34-28(26)15-22(25)12-13-31;1-3-2;1-2/h1,5-11,14-16,18,24,32H,4,12-13,17,31H2,2H3;3H,1-2H3;1-2H. The number of fused-ring (bicyclic) bond motifs is 1. The Balaban J connectivity index is 0.000000998. The molecule has 0 fully saturated rings. The average molecular weight is 526 g/mol. The molecular formula is C33H36FN3O2. The molecule has 4 aromatic rings. The third kappa shape index (κ3) is 7.89. The molecule has 1 unspecified atom stereocenters. The Hall–Kier alpha value is -4.20. The van der Waals surface area contributed by atoms with Gasteiger partial charge in [0.15, 0.2) is 6.29 Å². The predicted molar refractivity (Wildman–Crippen MR) is 160 cm³/mol. The van der Waals surface area contributed by atoms with Gasteiger partial charge in [-0.3, -0.25) is 10.1 Å². The molecule has 1 atom stereocenters. The maximum absolute atomic E-state index is 13.4. The first-order chi connectivity index (χ1) is 19.0. The lowest BCUT2D eigenvalue weighted by molar-refractivity contribution is 0.112. The fourth-order valence-electron chi connectivity index (χ4n) is 4.18. The SMILES string of the molecule is C#C.C#CC(CC)NCc1cccc(-c2cc3c(C=O)c(-c4ccc(F)cc4)oc3cc2CCN)c1.CNC. The molecule has 0 aliphatic heterocycles. The molecule has 1 heterocycles. The van der Waals surface area contributed by atoms with E-state index >= 15 is 0 Å². The number of aldehydes is 1. The Morgan fingerprint density at radius 3 is 2.36 bits per heavy atom. The molecule has 0 aliphatic carbocycles. The van der Waals surface area contributed by atoms with Crippen LogP contribution in [0.3, 0.4) is 0 Å². The van der Waals surface area contributed by atoms with Crippen molar-refractivity contribution < 1.29 is 13.6 Å². The number of halogens is 1. The highest BCUT2D eigenvalue weighted by molar-refractivity contribution is 6.04. The lowest BCUT2D eigenvalue weighted by atomic mass is 9.93. The van der Waals surface area contributed by atoms with Gasteiger partial charge >= 0.3 is 0 Å². The van der Waals surface area contributed by atoms with Gasteiger partial charge in [0.25, 0.3) is 0 Å². The summed E-state index contributed by atoms with van der Waals surface area (Å²) in [7, 11) is 3.75. The molecule has 0 saturated heterocycles. The number of nitrogens with two attached hydrogens (primary N) is 1. The van der Waals surface area contributed by atoms with Crippen molar-refractivity contribution >= 4 is 17.3 Å². The third-order valence-electron chi connectivity index (χ3n) is 5.99. The van der Waals surface area contributed by atoms with Crippen molar-refractivity contribution in [3.05, 3.63) is 83.2 Å². The molecule has 4 rings (SSSR count). The molecule has 0 spiro atoms. The molecule has 39 heavy (non-hydrogen) atoms. The van der Waals surface area contributed by atoms with Crippen molar-refractivity contribution in [3.8, 4) is 47.6 Å². The number of carbonyl (C=O) groups is 1. The minimum atomic E-state index is -0.345. The van der Waals surface area contributed by atoms with Gasteiger partial charge in [0.1, 0.15) is 17.2 Å². The summed E-state index contributed by atoms with van der Waals surface area (Å²) in [5.74, 6) is 2.84. The van der Waals surface area contributed by atoms with E-state index in [0.29, 0.717) is 47.4 Å². The normalized spacial score (nSPS) is 10.9. The summed E-state index contributed by atoms with van der Waals surface area (Å²) in [6.07, 6.45) is 15.9. The molecular weight excluding hydrogens is 489 g/mol. The fourth-order valence-corrected chi connectivity index (χ4v) is 4.18. The van der Waals surface area contributed by atoms with Crippen molar-refractivity contribution in [1.82, 2.24) is 10.6 Å². The topological polar surface area (TPSA) is 80.3 Å². The number of nitrogens with one attached hydrogen (secondary N) is 2. The molecule has 1 aromatic heterocycles.